The summed E-state index contributed by atoms with van der Waals surface area (Å²) in [6.45, 7) is 4.41. The van der Waals surface area contributed by atoms with Crippen LogP contribution in [0.15, 0.2) is 54.9 Å². The van der Waals surface area contributed by atoms with E-state index in [0.717, 1.165) is 44.6 Å². The van der Waals surface area contributed by atoms with Crippen molar-refractivity contribution in [3.8, 4) is 0 Å². The Bertz CT molecular complexity index is 630. The molecule has 1 fully saturated rings. The number of aromatic nitrogens is 1. The number of carbonyl (C=O) groups is 1. The summed E-state index contributed by atoms with van der Waals surface area (Å²) in [5, 5.41) is 0. The minimum Gasteiger partial charge on any atom is -0.337 e. The van der Waals surface area contributed by atoms with Crippen LogP contribution in [0.1, 0.15) is 24.0 Å². The van der Waals surface area contributed by atoms with Crippen LogP contribution in [0.2, 0.25) is 0 Å². The summed E-state index contributed by atoms with van der Waals surface area (Å²) in [5.41, 5.74) is 2.54. The molecule has 2 heterocycles. The molecular formula is C20H25N3O. The van der Waals surface area contributed by atoms with Crippen LogP contribution in [-0.2, 0) is 17.8 Å². The predicted molar refractivity (Wildman–Crippen MR) is 95.5 cm³/mol. The molecule has 1 aliphatic heterocycles. The van der Waals surface area contributed by atoms with E-state index in [1.54, 1.807) is 12.4 Å². The zero-order valence-corrected chi connectivity index (χ0v) is 14.1. The second kappa shape index (κ2) is 8.60. The largest absolute Gasteiger partial charge is 0.337 e. The van der Waals surface area contributed by atoms with Crippen molar-refractivity contribution < 1.29 is 4.79 Å². The number of pyridine rings is 1. The molecule has 0 aliphatic carbocycles. The SMILES string of the molecule is O=C1CCN(CCCc2ccccc2)CCN1Cc1ccncc1. The molecule has 126 valence electrons. The summed E-state index contributed by atoms with van der Waals surface area (Å²) in [6, 6.07) is 14.6. The van der Waals surface area contributed by atoms with Crippen molar-refractivity contribution >= 4 is 5.91 Å². The van der Waals surface area contributed by atoms with E-state index < -0.39 is 0 Å². The number of rotatable bonds is 6. The maximum Gasteiger partial charge on any atom is 0.224 e. The van der Waals surface area contributed by atoms with Gasteiger partial charge in [-0.2, -0.15) is 0 Å². The number of amides is 1. The van der Waals surface area contributed by atoms with Crippen molar-refractivity contribution in [2.75, 3.05) is 26.2 Å². The number of aryl methyl sites for hydroxylation is 1. The first-order chi connectivity index (χ1) is 11.8. The molecule has 0 N–H and O–H groups in total. The number of carbonyl (C=O) groups excluding carboxylic acids is 1. The molecule has 2 aromatic rings. The second-order valence-corrected chi connectivity index (χ2v) is 6.35. The Hall–Kier alpha value is -2.20. The second-order valence-electron chi connectivity index (χ2n) is 6.35. The van der Waals surface area contributed by atoms with E-state index in [4.69, 9.17) is 0 Å². The van der Waals surface area contributed by atoms with Crippen LogP contribution in [0.3, 0.4) is 0 Å². The maximum atomic E-state index is 12.3. The number of nitrogens with zero attached hydrogens (tertiary/aromatic N) is 3. The Morgan fingerprint density at radius 1 is 0.917 bits per heavy atom. The Morgan fingerprint density at radius 3 is 2.50 bits per heavy atom. The van der Waals surface area contributed by atoms with E-state index in [-0.39, 0.29) is 5.91 Å². The Morgan fingerprint density at radius 2 is 1.71 bits per heavy atom. The van der Waals surface area contributed by atoms with Crippen molar-refractivity contribution in [2.45, 2.75) is 25.8 Å². The molecule has 0 bridgehead atoms. The van der Waals surface area contributed by atoms with Gasteiger partial charge >= 0.3 is 0 Å². The van der Waals surface area contributed by atoms with E-state index >= 15 is 0 Å². The van der Waals surface area contributed by atoms with Crippen molar-refractivity contribution in [2.24, 2.45) is 0 Å². The normalized spacial score (nSPS) is 16.2. The quantitative estimate of drug-likeness (QED) is 0.820. The monoisotopic (exact) mass is 323 g/mol. The molecule has 1 saturated heterocycles. The molecule has 0 unspecified atom stereocenters. The molecule has 1 aliphatic rings. The van der Waals surface area contributed by atoms with Crippen molar-refractivity contribution in [3.63, 3.8) is 0 Å². The lowest BCUT2D eigenvalue weighted by Crippen LogP contribution is -2.33. The minimum atomic E-state index is 0.261. The first kappa shape index (κ1) is 16.7. The summed E-state index contributed by atoms with van der Waals surface area (Å²) in [5.74, 6) is 0.261. The molecule has 3 rings (SSSR count). The Balaban J connectivity index is 1.46. The molecule has 4 nitrogen and oxygen atoms in total. The summed E-state index contributed by atoms with van der Waals surface area (Å²) in [4.78, 5) is 20.8. The van der Waals surface area contributed by atoms with E-state index in [2.05, 4.69) is 40.2 Å². The average Bonchev–Trinajstić information content (AvgIpc) is 2.80. The predicted octanol–water partition coefficient (Wildman–Crippen LogP) is 2.75. The van der Waals surface area contributed by atoms with Crippen LogP contribution in [0, 0.1) is 0 Å². The molecule has 1 amide bonds. The van der Waals surface area contributed by atoms with E-state index in [1.807, 2.05) is 17.0 Å². The van der Waals surface area contributed by atoms with Gasteiger partial charge in [-0.15, -0.1) is 0 Å². The van der Waals surface area contributed by atoms with Gasteiger partial charge in [0, 0.05) is 45.0 Å². The fourth-order valence-electron chi connectivity index (χ4n) is 3.16. The van der Waals surface area contributed by atoms with Gasteiger partial charge in [0.15, 0.2) is 0 Å². The smallest absolute Gasteiger partial charge is 0.224 e. The van der Waals surface area contributed by atoms with Crippen LogP contribution in [0.5, 0.6) is 0 Å². The number of benzene rings is 1. The van der Waals surface area contributed by atoms with Crippen LogP contribution < -0.4 is 0 Å². The van der Waals surface area contributed by atoms with Gasteiger partial charge < -0.3 is 9.80 Å². The third-order valence-corrected chi connectivity index (χ3v) is 4.59. The van der Waals surface area contributed by atoms with Gasteiger partial charge in [0.05, 0.1) is 0 Å². The summed E-state index contributed by atoms with van der Waals surface area (Å²) in [7, 11) is 0. The molecule has 4 heteroatoms. The van der Waals surface area contributed by atoms with Gasteiger partial charge in [0.1, 0.15) is 0 Å². The molecular weight excluding hydrogens is 298 g/mol. The van der Waals surface area contributed by atoms with Crippen molar-refractivity contribution in [1.29, 1.82) is 0 Å². The van der Waals surface area contributed by atoms with Gasteiger partial charge in [0.2, 0.25) is 5.91 Å². The number of hydrogen-bond donors (Lipinski definition) is 0. The van der Waals surface area contributed by atoms with Gasteiger partial charge in [0.25, 0.3) is 0 Å². The van der Waals surface area contributed by atoms with E-state index in [1.165, 1.54) is 5.56 Å². The molecule has 0 spiro atoms. The van der Waals surface area contributed by atoms with Gasteiger partial charge in [-0.1, -0.05) is 30.3 Å². The highest BCUT2D eigenvalue weighted by Gasteiger charge is 2.20. The van der Waals surface area contributed by atoms with Crippen molar-refractivity contribution in [3.05, 3.63) is 66.0 Å². The molecule has 1 aromatic heterocycles. The highest BCUT2D eigenvalue weighted by Crippen LogP contribution is 2.11. The third kappa shape index (κ3) is 4.90. The van der Waals surface area contributed by atoms with Crippen LogP contribution >= 0.6 is 0 Å². The van der Waals surface area contributed by atoms with E-state index in [0.29, 0.717) is 13.0 Å². The summed E-state index contributed by atoms with van der Waals surface area (Å²) < 4.78 is 0. The summed E-state index contributed by atoms with van der Waals surface area (Å²) >= 11 is 0. The topological polar surface area (TPSA) is 36.4 Å². The fourth-order valence-corrected chi connectivity index (χ4v) is 3.16. The van der Waals surface area contributed by atoms with Crippen LogP contribution in [0.25, 0.3) is 0 Å². The van der Waals surface area contributed by atoms with Gasteiger partial charge in [-0.3, -0.25) is 9.78 Å². The molecule has 0 atom stereocenters. The van der Waals surface area contributed by atoms with Crippen LogP contribution in [-0.4, -0.2) is 46.9 Å². The first-order valence-electron chi connectivity index (χ1n) is 8.74. The third-order valence-electron chi connectivity index (χ3n) is 4.59. The first-order valence-corrected chi connectivity index (χ1v) is 8.74. The lowest BCUT2D eigenvalue weighted by molar-refractivity contribution is -0.130. The zero-order valence-electron chi connectivity index (χ0n) is 14.1. The highest BCUT2D eigenvalue weighted by atomic mass is 16.2. The summed E-state index contributed by atoms with van der Waals surface area (Å²) in [6.07, 6.45) is 6.44. The average molecular weight is 323 g/mol. The van der Waals surface area contributed by atoms with E-state index in [9.17, 15) is 4.79 Å². The molecule has 1 aromatic carbocycles. The standard InChI is InChI=1S/C20H25N3O/c24-20-10-14-22(13-4-7-18-5-2-1-3-6-18)15-16-23(20)17-19-8-11-21-12-9-19/h1-3,5-6,8-9,11-12H,4,7,10,13-17H2. The molecule has 0 saturated carbocycles. The minimum absolute atomic E-state index is 0.261. The molecule has 24 heavy (non-hydrogen) atoms. The fraction of sp³-hybridized carbons (Fsp3) is 0.400. The maximum absolute atomic E-state index is 12.3. The zero-order chi connectivity index (χ0) is 16.6. The Kier molecular flexibility index (Phi) is 5.96. The van der Waals surface area contributed by atoms with Gasteiger partial charge in [-0.05, 0) is 42.6 Å². The Labute approximate surface area is 144 Å². The lowest BCUT2D eigenvalue weighted by atomic mass is 10.1. The number of hydrogen-bond acceptors (Lipinski definition) is 3. The van der Waals surface area contributed by atoms with Crippen molar-refractivity contribution in [1.82, 2.24) is 14.8 Å². The lowest BCUT2D eigenvalue weighted by Gasteiger charge is -2.22. The highest BCUT2D eigenvalue weighted by molar-refractivity contribution is 5.76. The van der Waals surface area contributed by atoms with Crippen LogP contribution in [0.4, 0.5) is 0 Å². The van der Waals surface area contributed by atoms with Gasteiger partial charge in [-0.25, -0.2) is 0 Å². The molecule has 0 radical (unpaired) electrons.